The zero-order valence-corrected chi connectivity index (χ0v) is 15.1. The minimum Gasteiger partial charge on any atom is -0.501 e. The average Bonchev–Trinajstić information content (AvgIpc) is 2.92. The Balaban J connectivity index is 1.93. The Morgan fingerprint density at radius 2 is 1.78 bits per heavy atom. The summed E-state index contributed by atoms with van der Waals surface area (Å²) in [5, 5.41) is 12.7. The van der Waals surface area contributed by atoms with Gasteiger partial charge in [0.2, 0.25) is 17.2 Å². The monoisotopic (exact) mass is 369 g/mol. The number of rotatable bonds is 5. The van der Waals surface area contributed by atoms with Crippen molar-refractivity contribution in [2.24, 2.45) is 0 Å². The highest BCUT2D eigenvalue weighted by atomic mass is 16.5. The lowest BCUT2D eigenvalue weighted by Crippen LogP contribution is -2.32. The molecule has 1 unspecified atom stereocenters. The minimum atomic E-state index is -1.58. The molecule has 0 saturated carbocycles. The van der Waals surface area contributed by atoms with E-state index in [4.69, 9.17) is 14.2 Å². The molecule has 0 aliphatic carbocycles. The number of ether oxygens (including phenoxy) is 3. The predicted molar refractivity (Wildman–Crippen MR) is 96.6 cm³/mol. The van der Waals surface area contributed by atoms with Gasteiger partial charge < -0.3 is 19.3 Å². The second-order valence-electron chi connectivity index (χ2n) is 6.00. The number of Topliss-reactive ketones (excluding diaryl/α,β-unsaturated/α-hetero) is 1. The second-order valence-corrected chi connectivity index (χ2v) is 6.00. The summed E-state index contributed by atoms with van der Waals surface area (Å²) in [6.45, 7) is 1.49. The van der Waals surface area contributed by atoms with Crippen LogP contribution in [0.4, 0.5) is 0 Å². The number of para-hydroxylation sites is 1. The van der Waals surface area contributed by atoms with Gasteiger partial charge in [-0.1, -0.05) is 30.3 Å². The highest BCUT2D eigenvalue weighted by Gasteiger charge is 2.50. The minimum absolute atomic E-state index is 0.304. The summed E-state index contributed by atoms with van der Waals surface area (Å²) in [6, 6.07) is 13.4. The number of hydrogen-bond donors (Lipinski definition) is 2. The Morgan fingerprint density at radius 1 is 1.07 bits per heavy atom. The molecule has 140 valence electrons. The number of aliphatic hydroxyl groups is 1. The number of ketones is 1. The first-order valence-electron chi connectivity index (χ1n) is 8.17. The highest BCUT2D eigenvalue weighted by Crippen LogP contribution is 2.44. The van der Waals surface area contributed by atoms with Gasteiger partial charge in [0.05, 0.1) is 14.2 Å². The molecule has 1 aliphatic rings. The van der Waals surface area contributed by atoms with Crippen molar-refractivity contribution in [3.8, 4) is 11.5 Å². The van der Waals surface area contributed by atoms with E-state index in [0.29, 0.717) is 22.6 Å². The number of benzene rings is 2. The van der Waals surface area contributed by atoms with Crippen LogP contribution in [0.3, 0.4) is 0 Å². The van der Waals surface area contributed by atoms with Crippen molar-refractivity contribution in [2.45, 2.75) is 12.5 Å². The van der Waals surface area contributed by atoms with Crippen molar-refractivity contribution in [3.05, 3.63) is 71.3 Å². The van der Waals surface area contributed by atoms with E-state index in [1.807, 2.05) is 0 Å². The van der Waals surface area contributed by atoms with Gasteiger partial charge in [-0.25, -0.2) is 0 Å². The molecule has 0 radical (unpaired) electrons. The lowest BCUT2D eigenvalue weighted by Gasteiger charge is -2.26. The van der Waals surface area contributed by atoms with Crippen molar-refractivity contribution in [2.75, 3.05) is 14.2 Å². The number of carbonyl (C=O) groups is 2. The largest absolute Gasteiger partial charge is 0.501 e. The first-order chi connectivity index (χ1) is 12.9. The molecule has 0 spiro atoms. The Kier molecular flexibility index (Phi) is 4.77. The molecular weight excluding hydrogens is 350 g/mol. The van der Waals surface area contributed by atoms with Crippen molar-refractivity contribution in [1.29, 1.82) is 0 Å². The third kappa shape index (κ3) is 3.08. The predicted octanol–water partition coefficient (Wildman–Crippen LogP) is 2.68. The summed E-state index contributed by atoms with van der Waals surface area (Å²) >= 11 is 0. The molecule has 3 rings (SSSR count). The molecule has 2 aromatic rings. The number of hydrogen-bond acceptors (Lipinski definition) is 6. The van der Waals surface area contributed by atoms with E-state index >= 15 is 0 Å². The van der Waals surface area contributed by atoms with E-state index in [2.05, 4.69) is 5.32 Å². The van der Waals surface area contributed by atoms with E-state index in [1.54, 1.807) is 48.5 Å². The Hall–Kier alpha value is -3.48. The van der Waals surface area contributed by atoms with E-state index < -0.39 is 23.1 Å². The molecular formula is C20H19NO6. The summed E-state index contributed by atoms with van der Waals surface area (Å²) < 4.78 is 16.3. The van der Waals surface area contributed by atoms with Crippen LogP contribution in [-0.4, -0.2) is 31.0 Å². The second kappa shape index (κ2) is 7.03. The smallest absolute Gasteiger partial charge is 0.258 e. The average molecular weight is 369 g/mol. The summed E-state index contributed by atoms with van der Waals surface area (Å²) in [7, 11) is 2.91. The number of amides is 1. The van der Waals surface area contributed by atoms with Gasteiger partial charge >= 0.3 is 0 Å². The number of methoxy groups -OCH3 is 2. The van der Waals surface area contributed by atoms with Gasteiger partial charge in [-0.15, -0.1) is 0 Å². The molecule has 2 aromatic carbocycles. The highest BCUT2D eigenvalue weighted by molar-refractivity contribution is 6.04. The summed E-state index contributed by atoms with van der Waals surface area (Å²) in [6.07, 6.45) is 0. The molecule has 1 amide bonds. The van der Waals surface area contributed by atoms with Crippen LogP contribution in [0.25, 0.3) is 0 Å². The van der Waals surface area contributed by atoms with Crippen LogP contribution in [0.5, 0.6) is 11.5 Å². The molecule has 0 aromatic heterocycles. The molecule has 7 nitrogen and oxygen atoms in total. The summed E-state index contributed by atoms with van der Waals surface area (Å²) in [5.74, 6) is -1.45. The molecule has 0 bridgehead atoms. The van der Waals surface area contributed by atoms with Gasteiger partial charge in [-0.05, 0) is 25.1 Å². The van der Waals surface area contributed by atoms with E-state index in [-0.39, 0.29) is 5.88 Å². The van der Waals surface area contributed by atoms with Crippen LogP contribution < -0.4 is 14.8 Å². The summed E-state index contributed by atoms with van der Waals surface area (Å²) in [5.41, 5.74) is -0.852. The number of nitrogens with one attached hydrogen (secondary N) is 1. The van der Waals surface area contributed by atoms with Crippen LogP contribution in [-0.2, 0) is 15.1 Å². The third-order valence-corrected chi connectivity index (χ3v) is 4.35. The van der Waals surface area contributed by atoms with Crippen molar-refractivity contribution >= 4 is 11.7 Å². The van der Waals surface area contributed by atoms with Crippen LogP contribution in [0, 0.1) is 0 Å². The van der Waals surface area contributed by atoms with Gasteiger partial charge in [0.25, 0.3) is 11.7 Å². The zero-order valence-electron chi connectivity index (χ0n) is 15.1. The Bertz CT molecular complexity index is 921. The van der Waals surface area contributed by atoms with Crippen LogP contribution in [0.15, 0.2) is 60.2 Å². The molecule has 0 fully saturated rings. The van der Waals surface area contributed by atoms with Crippen LogP contribution >= 0.6 is 0 Å². The van der Waals surface area contributed by atoms with Crippen LogP contribution in [0.2, 0.25) is 0 Å². The van der Waals surface area contributed by atoms with Gasteiger partial charge in [-0.2, -0.15) is 0 Å². The molecule has 27 heavy (non-hydrogen) atoms. The molecule has 1 aliphatic heterocycles. The van der Waals surface area contributed by atoms with E-state index in [9.17, 15) is 14.7 Å². The van der Waals surface area contributed by atoms with Crippen molar-refractivity contribution in [1.82, 2.24) is 5.32 Å². The number of carbonyl (C=O) groups excluding carboxylic acids is 2. The standard InChI is InChI=1S/C20H19NO6/c1-20(13-10-7-11-14(25-2)16(13)26-3)17(23)15(22)19(27-20)21-18(24)12-8-5-4-6-9-12/h4-11,22H,1-3H3,(H,21,24). The van der Waals surface area contributed by atoms with Gasteiger partial charge in [-0.3, -0.25) is 14.9 Å². The first kappa shape index (κ1) is 18.3. The molecule has 2 N–H and O–H groups in total. The molecule has 7 heteroatoms. The normalized spacial score (nSPS) is 18.9. The fraction of sp³-hybridized carbons (Fsp3) is 0.200. The lowest BCUT2D eigenvalue weighted by atomic mass is 9.90. The topological polar surface area (TPSA) is 94.1 Å². The fourth-order valence-corrected chi connectivity index (χ4v) is 2.92. The van der Waals surface area contributed by atoms with Crippen molar-refractivity contribution < 1.29 is 28.9 Å². The van der Waals surface area contributed by atoms with Gasteiger partial charge in [0.15, 0.2) is 11.5 Å². The third-order valence-electron chi connectivity index (χ3n) is 4.35. The first-order valence-corrected chi connectivity index (χ1v) is 8.17. The van der Waals surface area contributed by atoms with Gasteiger partial charge in [0, 0.05) is 11.1 Å². The molecule has 0 saturated heterocycles. The van der Waals surface area contributed by atoms with Crippen LogP contribution in [0.1, 0.15) is 22.8 Å². The number of aliphatic hydroxyl groups excluding tert-OH is 1. The lowest BCUT2D eigenvalue weighted by molar-refractivity contribution is -0.131. The molecule has 1 heterocycles. The fourth-order valence-electron chi connectivity index (χ4n) is 2.92. The quantitative estimate of drug-likeness (QED) is 0.842. The molecule has 1 atom stereocenters. The maximum absolute atomic E-state index is 12.7. The van der Waals surface area contributed by atoms with Gasteiger partial charge in [0.1, 0.15) is 0 Å². The van der Waals surface area contributed by atoms with E-state index in [1.165, 1.54) is 21.1 Å². The van der Waals surface area contributed by atoms with Crippen molar-refractivity contribution in [3.63, 3.8) is 0 Å². The zero-order chi connectivity index (χ0) is 19.6. The Labute approximate surface area is 156 Å². The van der Waals surface area contributed by atoms with E-state index in [0.717, 1.165) is 0 Å². The SMILES string of the molecule is COc1cccc(C2(C)OC(NC(=O)c3ccccc3)=C(O)C2=O)c1OC. The Morgan fingerprint density at radius 3 is 2.41 bits per heavy atom. The maximum atomic E-state index is 12.7. The maximum Gasteiger partial charge on any atom is 0.258 e. The summed E-state index contributed by atoms with van der Waals surface area (Å²) in [4.78, 5) is 25.1.